The molecule has 2 aromatic rings. The van der Waals surface area contributed by atoms with Gasteiger partial charge < -0.3 is 10.7 Å². The Hall–Kier alpha value is -2.43. The molecule has 1 amide bonds. The largest absolute Gasteiger partial charge is 0.328 e. The van der Waals surface area contributed by atoms with Crippen molar-refractivity contribution >= 4 is 22.4 Å². The second-order valence-electron chi connectivity index (χ2n) is 3.40. The molecule has 7 heteroatoms. The van der Waals surface area contributed by atoms with Gasteiger partial charge in [0.15, 0.2) is 5.13 Å². The summed E-state index contributed by atoms with van der Waals surface area (Å²) in [5.41, 5.74) is 4.85. The topological polar surface area (TPSA) is 101 Å². The van der Waals surface area contributed by atoms with Crippen LogP contribution in [0.25, 0.3) is 0 Å². The summed E-state index contributed by atoms with van der Waals surface area (Å²) in [5, 5.41) is 2.93. The normalized spacial score (nSPS) is 9.53. The van der Waals surface area contributed by atoms with Crippen molar-refractivity contribution in [3.05, 3.63) is 45.3 Å². The number of thiazole rings is 1. The molecule has 0 aliphatic rings. The maximum absolute atomic E-state index is 11.8. The van der Waals surface area contributed by atoms with Gasteiger partial charge in [0.05, 0.1) is 17.6 Å². The zero-order valence-electron chi connectivity index (χ0n) is 9.77. The number of rotatable bonds is 2. The van der Waals surface area contributed by atoms with Crippen molar-refractivity contribution in [1.82, 2.24) is 9.97 Å². The van der Waals surface area contributed by atoms with Gasteiger partial charge in [-0.25, -0.2) is 4.98 Å². The van der Waals surface area contributed by atoms with Crippen molar-refractivity contribution in [3.63, 3.8) is 0 Å². The molecule has 0 bridgehead atoms. The van der Waals surface area contributed by atoms with E-state index in [0.29, 0.717) is 10.0 Å². The predicted molar refractivity (Wildman–Crippen MR) is 73.1 cm³/mol. The van der Waals surface area contributed by atoms with E-state index >= 15 is 0 Å². The molecule has 4 N–H and O–H groups in total. The van der Waals surface area contributed by atoms with Crippen LogP contribution in [-0.2, 0) is 0 Å². The Kier molecular flexibility index (Phi) is 4.07. The molecule has 0 saturated carbocycles. The van der Waals surface area contributed by atoms with Gasteiger partial charge >= 0.3 is 0 Å². The smallest absolute Gasteiger partial charge is 0.263 e. The summed E-state index contributed by atoms with van der Waals surface area (Å²) in [4.78, 5) is 30.4. The van der Waals surface area contributed by atoms with E-state index in [-0.39, 0.29) is 12.1 Å². The summed E-state index contributed by atoms with van der Waals surface area (Å²) >= 11 is 1.22. The highest BCUT2D eigenvalue weighted by Gasteiger charge is 2.11. The SMILES string of the molecule is NCC#Cc1cnc(NC(=O)c2ccc[nH]c2=O)s1. The Bertz CT molecular complexity index is 708. The van der Waals surface area contributed by atoms with Crippen LogP contribution >= 0.6 is 11.3 Å². The maximum Gasteiger partial charge on any atom is 0.263 e. The molecule has 0 radical (unpaired) electrons. The van der Waals surface area contributed by atoms with Gasteiger partial charge in [-0.1, -0.05) is 23.2 Å². The van der Waals surface area contributed by atoms with Crippen LogP contribution < -0.4 is 16.6 Å². The van der Waals surface area contributed by atoms with E-state index in [1.54, 1.807) is 6.07 Å². The van der Waals surface area contributed by atoms with E-state index < -0.39 is 11.5 Å². The Morgan fingerprint density at radius 2 is 2.42 bits per heavy atom. The highest BCUT2D eigenvalue weighted by Crippen LogP contribution is 2.17. The minimum absolute atomic E-state index is 0.0345. The van der Waals surface area contributed by atoms with Crippen molar-refractivity contribution in [3.8, 4) is 11.8 Å². The third kappa shape index (κ3) is 3.28. The van der Waals surface area contributed by atoms with Crippen molar-refractivity contribution in [2.75, 3.05) is 11.9 Å². The van der Waals surface area contributed by atoms with E-state index in [1.165, 1.54) is 29.8 Å². The van der Waals surface area contributed by atoms with Crippen LogP contribution in [0.5, 0.6) is 0 Å². The number of hydrogen-bond acceptors (Lipinski definition) is 5. The number of carbonyl (C=O) groups is 1. The molecule has 0 aliphatic carbocycles. The molecular weight excluding hydrogens is 264 g/mol. The molecule has 0 unspecified atom stereocenters. The number of anilines is 1. The zero-order chi connectivity index (χ0) is 13.7. The van der Waals surface area contributed by atoms with Gasteiger partial charge in [-0.3, -0.25) is 14.9 Å². The van der Waals surface area contributed by atoms with Gasteiger partial charge in [-0.15, -0.1) is 0 Å². The summed E-state index contributed by atoms with van der Waals surface area (Å²) in [6.07, 6.45) is 3.00. The van der Waals surface area contributed by atoms with E-state index in [0.717, 1.165) is 0 Å². The zero-order valence-corrected chi connectivity index (χ0v) is 10.6. The van der Waals surface area contributed by atoms with Gasteiger partial charge in [0.2, 0.25) is 0 Å². The Morgan fingerprint density at radius 1 is 1.58 bits per heavy atom. The Morgan fingerprint density at radius 3 is 3.16 bits per heavy atom. The highest BCUT2D eigenvalue weighted by atomic mass is 32.1. The van der Waals surface area contributed by atoms with Crippen molar-refractivity contribution < 1.29 is 4.79 Å². The number of aromatic amines is 1. The van der Waals surface area contributed by atoms with Crippen LogP contribution in [-0.4, -0.2) is 22.4 Å². The number of pyridine rings is 1. The Labute approximate surface area is 112 Å². The number of nitrogens with two attached hydrogens (primary N) is 1. The van der Waals surface area contributed by atoms with Crippen LogP contribution in [0.3, 0.4) is 0 Å². The molecule has 2 rings (SSSR count). The second kappa shape index (κ2) is 5.95. The fourth-order valence-corrected chi connectivity index (χ4v) is 1.98. The summed E-state index contributed by atoms with van der Waals surface area (Å²) in [6.45, 7) is 0.263. The lowest BCUT2D eigenvalue weighted by molar-refractivity contribution is 0.102. The van der Waals surface area contributed by atoms with Crippen LogP contribution in [0.4, 0.5) is 5.13 Å². The molecule has 2 heterocycles. The number of nitrogens with zero attached hydrogens (tertiary/aromatic N) is 1. The monoisotopic (exact) mass is 274 g/mol. The number of H-pyrrole nitrogens is 1. The van der Waals surface area contributed by atoms with Gasteiger partial charge in [0.1, 0.15) is 5.56 Å². The first-order chi connectivity index (χ1) is 9.20. The first kappa shape index (κ1) is 13.0. The van der Waals surface area contributed by atoms with Crippen molar-refractivity contribution in [1.29, 1.82) is 0 Å². The lowest BCUT2D eigenvalue weighted by Gasteiger charge is -1.99. The number of hydrogen-bond donors (Lipinski definition) is 3. The van der Waals surface area contributed by atoms with Crippen LogP contribution in [0.2, 0.25) is 0 Å². The first-order valence-corrected chi connectivity index (χ1v) is 6.16. The molecule has 19 heavy (non-hydrogen) atoms. The molecule has 0 atom stereocenters. The summed E-state index contributed by atoms with van der Waals surface area (Å²) in [7, 11) is 0. The third-order valence-electron chi connectivity index (χ3n) is 2.10. The van der Waals surface area contributed by atoms with Gasteiger partial charge in [0.25, 0.3) is 11.5 Å². The minimum Gasteiger partial charge on any atom is -0.328 e. The standard InChI is InChI=1S/C12H10N4O2S/c13-5-1-3-8-7-15-12(19-8)16-11(18)9-4-2-6-14-10(9)17/h2,4,6-7H,5,13H2,(H,14,17)(H,15,16,18). The molecule has 0 spiro atoms. The highest BCUT2D eigenvalue weighted by molar-refractivity contribution is 7.16. The predicted octanol–water partition coefficient (Wildman–Crippen LogP) is 0.394. The van der Waals surface area contributed by atoms with E-state index in [4.69, 9.17) is 5.73 Å². The minimum atomic E-state index is -0.505. The first-order valence-electron chi connectivity index (χ1n) is 5.34. The van der Waals surface area contributed by atoms with Crippen LogP contribution in [0, 0.1) is 11.8 Å². The third-order valence-corrected chi connectivity index (χ3v) is 2.93. The number of amides is 1. The van der Waals surface area contributed by atoms with E-state index in [9.17, 15) is 9.59 Å². The number of carbonyl (C=O) groups excluding carboxylic acids is 1. The maximum atomic E-state index is 11.8. The lowest BCUT2D eigenvalue weighted by atomic mass is 10.3. The van der Waals surface area contributed by atoms with Crippen LogP contribution in [0.15, 0.2) is 29.3 Å². The average Bonchev–Trinajstić information content (AvgIpc) is 2.84. The Balaban J connectivity index is 2.14. The molecule has 96 valence electrons. The quantitative estimate of drug-likeness (QED) is 0.690. The van der Waals surface area contributed by atoms with E-state index in [1.807, 2.05) is 0 Å². The number of aromatic nitrogens is 2. The second-order valence-corrected chi connectivity index (χ2v) is 4.43. The average molecular weight is 274 g/mol. The van der Waals surface area contributed by atoms with Crippen LogP contribution in [0.1, 0.15) is 15.2 Å². The molecule has 0 aromatic carbocycles. The molecular formula is C12H10N4O2S. The fourth-order valence-electron chi connectivity index (χ4n) is 1.29. The van der Waals surface area contributed by atoms with Crippen molar-refractivity contribution in [2.45, 2.75) is 0 Å². The fraction of sp³-hybridized carbons (Fsp3) is 0.0833. The summed E-state index contributed by atoms with van der Waals surface area (Å²) in [5.74, 6) is 5.00. The van der Waals surface area contributed by atoms with Gasteiger partial charge in [0, 0.05) is 6.20 Å². The van der Waals surface area contributed by atoms with E-state index in [2.05, 4.69) is 27.1 Å². The molecule has 0 fully saturated rings. The molecule has 6 nitrogen and oxygen atoms in total. The van der Waals surface area contributed by atoms with Gasteiger partial charge in [-0.2, -0.15) is 0 Å². The summed E-state index contributed by atoms with van der Waals surface area (Å²) in [6, 6.07) is 3.02. The lowest BCUT2D eigenvalue weighted by Crippen LogP contribution is -2.22. The number of nitrogens with one attached hydrogen (secondary N) is 2. The van der Waals surface area contributed by atoms with Gasteiger partial charge in [-0.05, 0) is 12.1 Å². The molecule has 2 aromatic heterocycles. The molecule has 0 aliphatic heterocycles. The molecule has 0 saturated heterocycles. The van der Waals surface area contributed by atoms with Crippen molar-refractivity contribution in [2.24, 2.45) is 5.73 Å². The summed E-state index contributed by atoms with van der Waals surface area (Å²) < 4.78 is 0.